The monoisotopic (exact) mass is 375 g/mol. The van der Waals surface area contributed by atoms with Gasteiger partial charge in [-0.2, -0.15) is 0 Å². The normalized spacial score (nSPS) is 11.7. The summed E-state index contributed by atoms with van der Waals surface area (Å²) in [5.74, 6) is 1.29. The summed E-state index contributed by atoms with van der Waals surface area (Å²) in [5.41, 5.74) is 4.52. The van der Waals surface area contributed by atoms with Crippen LogP contribution in [0, 0.1) is 0 Å². The molecule has 0 aliphatic carbocycles. The standard InChI is InChI=1S/C23H25N3O2/c1-16(19-7-10-22(28-3)11-8-19)24-14-18-5-4-6-20(13-18)21-9-12-23(25-15-21)26-17(2)27/h4-13,15-16,24H,14H2,1-3H3,(H,25,26,27)/t16-/m1/s1. The van der Waals surface area contributed by atoms with Crippen LogP contribution in [0.25, 0.3) is 11.1 Å². The first-order valence-electron chi connectivity index (χ1n) is 9.25. The lowest BCUT2D eigenvalue weighted by Gasteiger charge is -2.15. The number of benzene rings is 2. The van der Waals surface area contributed by atoms with Gasteiger partial charge in [-0.25, -0.2) is 4.98 Å². The van der Waals surface area contributed by atoms with E-state index in [1.165, 1.54) is 18.1 Å². The van der Waals surface area contributed by atoms with Crippen LogP contribution in [0.1, 0.15) is 31.0 Å². The predicted molar refractivity (Wildman–Crippen MR) is 112 cm³/mol. The molecule has 144 valence electrons. The number of nitrogens with one attached hydrogen (secondary N) is 2. The summed E-state index contributed by atoms with van der Waals surface area (Å²) in [5, 5.41) is 6.24. The van der Waals surface area contributed by atoms with Gasteiger partial charge in [-0.1, -0.05) is 30.3 Å². The van der Waals surface area contributed by atoms with E-state index in [9.17, 15) is 4.79 Å². The van der Waals surface area contributed by atoms with Crippen LogP contribution in [0.15, 0.2) is 66.9 Å². The second kappa shape index (κ2) is 9.15. The zero-order valence-corrected chi connectivity index (χ0v) is 16.4. The molecule has 3 aromatic rings. The van der Waals surface area contributed by atoms with Crippen molar-refractivity contribution in [3.63, 3.8) is 0 Å². The average Bonchev–Trinajstić information content (AvgIpc) is 2.72. The Morgan fingerprint density at radius 3 is 2.50 bits per heavy atom. The van der Waals surface area contributed by atoms with Crippen molar-refractivity contribution in [1.29, 1.82) is 0 Å². The first kappa shape index (κ1) is 19.6. The molecule has 0 aliphatic heterocycles. The number of aromatic nitrogens is 1. The molecule has 0 radical (unpaired) electrons. The molecule has 1 heterocycles. The SMILES string of the molecule is COc1ccc([C@@H](C)NCc2cccc(-c3ccc(NC(C)=O)nc3)c2)cc1. The molecule has 5 nitrogen and oxygen atoms in total. The van der Waals surface area contributed by atoms with Crippen molar-refractivity contribution in [2.24, 2.45) is 0 Å². The van der Waals surface area contributed by atoms with E-state index in [0.717, 1.165) is 23.4 Å². The van der Waals surface area contributed by atoms with Gasteiger partial charge < -0.3 is 15.4 Å². The van der Waals surface area contributed by atoms with Gasteiger partial charge in [0.1, 0.15) is 11.6 Å². The maximum atomic E-state index is 11.1. The second-order valence-corrected chi connectivity index (χ2v) is 6.69. The molecule has 0 aliphatic rings. The van der Waals surface area contributed by atoms with Gasteiger partial charge in [0.2, 0.25) is 5.91 Å². The maximum Gasteiger partial charge on any atom is 0.222 e. The average molecular weight is 375 g/mol. The summed E-state index contributed by atoms with van der Waals surface area (Å²) in [6, 6.07) is 20.5. The number of pyridine rings is 1. The van der Waals surface area contributed by atoms with E-state index < -0.39 is 0 Å². The number of hydrogen-bond donors (Lipinski definition) is 2. The summed E-state index contributed by atoms with van der Waals surface area (Å²) < 4.78 is 5.21. The van der Waals surface area contributed by atoms with Crippen LogP contribution in [0.4, 0.5) is 5.82 Å². The first-order chi connectivity index (χ1) is 13.5. The van der Waals surface area contributed by atoms with Crippen LogP contribution in [-0.4, -0.2) is 18.0 Å². The number of carbonyl (C=O) groups is 1. The Bertz CT molecular complexity index is 921. The molecule has 1 amide bonds. The van der Waals surface area contributed by atoms with Gasteiger partial charge >= 0.3 is 0 Å². The van der Waals surface area contributed by atoms with Crippen LogP contribution in [0.2, 0.25) is 0 Å². The molecule has 3 rings (SSSR count). The van der Waals surface area contributed by atoms with Crippen LogP contribution >= 0.6 is 0 Å². The lowest BCUT2D eigenvalue weighted by molar-refractivity contribution is -0.114. The van der Waals surface area contributed by atoms with Gasteiger partial charge in [0.25, 0.3) is 0 Å². The van der Waals surface area contributed by atoms with Crippen LogP contribution in [-0.2, 0) is 11.3 Å². The maximum absolute atomic E-state index is 11.1. The van der Waals surface area contributed by atoms with Gasteiger partial charge in [-0.05, 0) is 53.9 Å². The van der Waals surface area contributed by atoms with Gasteiger partial charge in [-0.15, -0.1) is 0 Å². The Labute approximate surface area is 165 Å². The Balaban J connectivity index is 1.65. The second-order valence-electron chi connectivity index (χ2n) is 6.69. The van der Waals surface area contributed by atoms with Crippen molar-refractivity contribution in [2.75, 3.05) is 12.4 Å². The van der Waals surface area contributed by atoms with Crippen molar-refractivity contribution < 1.29 is 9.53 Å². The number of amides is 1. The summed E-state index contributed by atoms with van der Waals surface area (Å²) in [7, 11) is 1.67. The molecule has 2 aromatic carbocycles. The minimum absolute atomic E-state index is 0.126. The number of rotatable bonds is 7. The van der Waals surface area contributed by atoms with Crippen molar-refractivity contribution >= 4 is 11.7 Å². The molecule has 0 saturated carbocycles. The fraction of sp³-hybridized carbons (Fsp3) is 0.217. The van der Waals surface area contributed by atoms with E-state index >= 15 is 0 Å². The molecule has 0 bridgehead atoms. The Hall–Kier alpha value is -3.18. The van der Waals surface area contributed by atoms with Gasteiger partial charge in [0, 0.05) is 31.3 Å². The largest absolute Gasteiger partial charge is 0.497 e. The Kier molecular flexibility index (Phi) is 6.40. The zero-order chi connectivity index (χ0) is 19.9. The van der Waals surface area contributed by atoms with E-state index in [0.29, 0.717) is 5.82 Å². The summed E-state index contributed by atoms with van der Waals surface area (Å²) in [6.45, 7) is 4.38. The molecule has 0 spiro atoms. The highest BCUT2D eigenvalue weighted by Crippen LogP contribution is 2.22. The van der Waals surface area contributed by atoms with E-state index in [4.69, 9.17) is 4.74 Å². The third-order valence-electron chi connectivity index (χ3n) is 4.56. The topological polar surface area (TPSA) is 63.2 Å². The number of methoxy groups -OCH3 is 1. The molecule has 2 N–H and O–H groups in total. The van der Waals surface area contributed by atoms with E-state index in [1.807, 2.05) is 30.3 Å². The minimum atomic E-state index is -0.126. The molecular formula is C23H25N3O2. The molecule has 0 fully saturated rings. The van der Waals surface area contributed by atoms with Crippen molar-refractivity contribution in [3.8, 4) is 16.9 Å². The number of ether oxygens (including phenoxy) is 1. The zero-order valence-electron chi connectivity index (χ0n) is 16.4. The molecule has 0 saturated heterocycles. The van der Waals surface area contributed by atoms with Crippen molar-refractivity contribution in [3.05, 3.63) is 78.0 Å². The highest BCUT2D eigenvalue weighted by atomic mass is 16.5. The summed E-state index contributed by atoms with van der Waals surface area (Å²) in [4.78, 5) is 15.4. The van der Waals surface area contributed by atoms with E-state index in [2.05, 4.69) is 52.9 Å². The third kappa shape index (κ3) is 5.18. The molecule has 28 heavy (non-hydrogen) atoms. The van der Waals surface area contributed by atoms with Crippen LogP contribution in [0.3, 0.4) is 0 Å². The fourth-order valence-electron chi connectivity index (χ4n) is 2.96. The Morgan fingerprint density at radius 1 is 1.07 bits per heavy atom. The lowest BCUT2D eigenvalue weighted by Crippen LogP contribution is -2.18. The van der Waals surface area contributed by atoms with Crippen molar-refractivity contribution in [2.45, 2.75) is 26.4 Å². The van der Waals surface area contributed by atoms with Gasteiger partial charge in [0.05, 0.1) is 7.11 Å². The molecule has 5 heteroatoms. The molecule has 0 unspecified atom stereocenters. The summed E-state index contributed by atoms with van der Waals surface area (Å²) >= 11 is 0. The number of anilines is 1. The highest BCUT2D eigenvalue weighted by Gasteiger charge is 2.06. The summed E-state index contributed by atoms with van der Waals surface area (Å²) in [6.07, 6.45) is 1.78. The number of nitrogens with zero attached hydrogens (tertiary/aromatic N) is 1. The van der Waals surface area contributed by atoms with Gasteiger partial charge in [-0.3, -0.25) is 4.79 Å². The van der Waals surface area contributed by atoms with Gasteiger partial charge in [0.15, 0.2) is 0 Å². The van der Waals surface area contributed by atoms with E-state index in [1.54, 1.807) is 13.3 Å². The smallest absolute Gasteiger partial charge is 0.222 e. The highest BCUT2D eigenvalue weighted by molar-refractivity contribution is 5.87. The number of hydrogen-bond acceptors (Lipinski definition) is 4. The molecule has 1 atom stereocenters. The molecular weight excluding hydrogens is 350 g/mol. The lowest BCUT2D eigenvalue weighted by atomic mass is 10.0. The molecule has 1 aromatic heterocycles. The quantitative estimate of drug-likeness (QED) is 0.635. The predicted octanol–water partition coefficient (Wildman–Crippen LogP) is 4.57. The van der Waals surface area contributed by atoms with E-state index in [-0.39, 0.29) is 11.9 Å². The third-order valence-corrected chi connectivity index (χ3v) is 4.56. The van der Waals surface area contributed by atoms with Crippen molar-refractivity contribution in [1.82, 2.24) is 10.3 Å². The van der Waals surface area contributed by atoms with Crippen LogP contribution < -0.4 is 15.4 Å². The number of carbonyl (C=O) groups excluding carboxylic acids is 1. The Morgan fingerprint density at radius 2 is 1.86 bits per heavy atom. The minimum Gasteiger partial charge on any atom is -0.497 e. The van der Waals surface area contributed by atoms with Crippen LogP contribution in [0.5, 0.6) is 5.75 Å². The first-order valence-corrected chi connectivity index (χ1v) is 9.25. The fourth-order valence-corrected chi connectivity index (χ4v) is 2.96.